The average molecular weight is 268 g/mol. The molecule has 1 unspecified atom stereocenters. The van der Waals surface area contributed by atoms with Gasteiger partial charge in [-0.25, -0.2) is 0 Å². The number of aromatic nitrogens is 1. The van der Waals surface area contributed by atoms with E-state index in [1.54, 1.807) is 7.11 Å². The van der Waals surface area contributed by atoms with Crippen LogP contribution < -0.4 is 10.1 Å². The number of nitrogens with one attached hydrogen (secondary N) is 1. The lowest BCUT2D eigenvalue weighted by molar-refractivity contribution is 0.172. The van der Waals surface area contributed by atoms with E-state index < -0.39 is 0 Å². The molecule has 0 aliphatic heterocycles. The van der Waals surface area contributed by atoms with E-state index in [-0.39, 0.29) is 12.5 Å². The van der Waals surface area contributed by atoms with Gasteiger partial charge >= 0.3 is 0 Å². The molecule has 0 aliphatic carbocycles. The highest BCUT2D eigenvalue weighted by molar-refractivity contribution is 5.29. The number of rotatable bonds is 9. The first kappa shape index (κ1) is 15.9. The fourth-order valence-corrected chi connectivity index (χ4v) is 1.52. The first-order valence-electron chi connectivity index (χ1n) is 6.57. The van der Waals surface area contributed by atoms with Crippen LogP contribution in [0.1, 0.15) is 18.3 Å². The van der Waals surface area contributed by atoms with Gasteiger partial charge in [0.15, 0.2) is 0 Å². The highest BCUT2D eigenvalue weighted by Crippen LogP contribution is 2.17. The van der Waals surface area contributed by atoms with Crippen molar-refractivity contribution < 1.29 is 14.6 Å². The summed E-state index contributed by atoms with van der Waals surface area (Å²) >= 11 is 0. The van der Waals surface area contributed by atoms with Gasteiger partial charge in [-0.2, -0.15) is 0 Å². The van der Waals surface area contributed by atoms with Gasteiger partial charge in [0.25, 0.3) is 0 Å². The molecule has 5 heteroatoms. The Labute approximate surface area is 115 Å². The van der Waals surface area contributed by atoms with E-state index in [0.29, 0.717) is 19.8 Å². The van der Waals surface area contributed by atoms with Crippen LogP contribution >= 0.6 is 0 Å². The van der Waals surface area contributed by atoms with Crippen molar-refractivity contribution in [1.29, 1.82) is 0 Å². The molecule has 0 fully saturated rings. The van der Waals surface area contributed by atoms with Crippen molar-refractivity contribution >= 4 is 0 Å². The lowest BCUT2D eigenvalue weighted by atomic mass is 10.2. The van der Waals surface area contributed by atoms with Crippen molar-refractivity contribution in [2.24, 2.45) is 5.92 Å². The molecule has 0 bridgehead atoms. The monoisotopic (exact) mass is 268 g/mol. The zero-order valence-corrected chi connectivity index (χ0v) is 12.0. The Bertz CT molecular complexity index is 372. The van der Waals surface area contributed by atoms with Gasteiger partial charge < -0.3 is 19.9 Å². The van der Waals surface area contributed by atoms with Crippen molar-refractivity contribution in [3.8, 4) is 5.75 Å². The Balaban J connectivity index is 2.58. The number of hydrogen-bond donors (Lipinski definition) is 2. The van der Waals surface area contributed by atoms with E-state index in [1.165, 1.54) is 0 Å². The molecule has 0 radical (unpaired) electrons. The molecular formula is C14H24N2O3. The number of methoxy groups -OCH3 is 1. The second-order valence-electron chi connectivity index (χ2n) is 4.67. The molecule has 1 aromatic rings. The first-order chi connectivity index (χ1) is 9.17. The minimum atomic E-state index is 0.121. The normalized spacial score (nSPS) is 12.4. The second-order valence-corrected chi connectivity index (χ2v) is 4.67. The molecule has 0 amide bonds. The van der Waals surface area contributed by atoms with E-state index in [9.17, 15) is 0 Å². The van der Waals surface area contributed by atoms with Gasteiger partial charge in [0, 0.05) is 38.4 Å². The largest absolute Gasteiger partial charge is 0.491 e. The van der Waals surface area contributed by atoms with Crippen molar-refractivity contribution in [2.45, 2.75) is 20.4 Å². The molecule has 0 saturated carbocycles. The zero-order valence-electron chi connectivity index (χ0n) is 12.0. The van der Waals surface area contributed by atoms with Gasteiger partial charge in [-0.1, -0.05) is 6.92 Å². The molecule has 0 aliphatic rings. The van der Waals surface area contributed by atoms with Crippen LogP contribution in [0.4, 0.5) is 0 Å². The van der Waals surface area contributed by atoms with E-state index in [2.05, 4.69) is 10.3 Å². The van der Waals surface area contributed by atoms with Crippen LogP contribution in [0.3, 0.4) is 0 Å². The molecule has 1 aromatic heterocycles. The summed E-state index contributed by atoms with van der Waals surface area (Å²) in [5.41, 5.74) is 1.85. The fourth-order valence-electron chi connectivity index (χ4n) is 1.52. The number of hydrogen-bond acceptors (Lipinski definition) is 5. The molecule has 2 N–H and O–H groups in total. The molecule has 0 spiro atoms. The highest BCUT2D eigenvalue weighted by Gasteiger charge is 2.08. The fraction of sp³-hybridized carbons (Fsp3) is 0.643. The summed E-state index contributed by atoms with van der Waals surface area (Å²) in [5, 5.41) is 12.3. The van der Waals surface area contributed by atoms with Gasteiger partial charge in [-0.05, 0) is 19.1 Å². The Morgan fingerprint density at radius 3 is 2.89 bits per heavy atom. The Hall–Kier alpha value is -1.17. The average Bonchev–Trinajstić information content (AvgIpc) is 2.42. The molecule has 1 atom stereocenters. The SMILES string of the molecule is COCCNCc1nc(C)ccc1OCC(C)CO. The summed E-state index contributed by atoms with van der Waals surface area (Å²) in [5.74, 6) is 0.895. The van der Waals surface area contributed by atoms with Gasteiger partial charge in [0.1, 0.15) is 5.75 Å². The van der Waals surface area contributed by atoms with Crippen LogP contribution in [0.5, 0.6) is 5.75 Å². The van der Waals surface area contributed by atoms with Crippen LogP contribution in [-0.4, -0.2) is 43.6 Å². The Morgan fingerprint density at radius 1 is 1.42 bits per heavy atom. The summed E-state index contributed by atoms with van der Waals surface area (Å²) in [7, 11) is 1.68. The number of aliphatic hydroxyl groups excluding tert-OH is 1. The summed E-state index contributed by atoms with van der Waals surface area (Å²) < 4.78 is 10.7. The summed E-state index contributed by atoms with van der Waals surface area (Å²) in [6, 6.07) is 3.86. The second kappa shape index (κ2) is 8.85. The molecule has 108 valence electrons. The third-order valence-electron chi connectivity index (χ3n) is 2.68. The maximum absolute atomic E-state index is 9.00. The summed E-state index contributed by atoms with van der Waals surface area (Å²) in [4.78, 5) is 4.48. The third-order valence-corrected chi connectivity index (χ3v) is 2.68. The smallest absolute Gasteiger partial charge is 0.142 e. The molecule has 0 saturated heterocycles. The number of aliphatic hydroxyl groups is 1. The maximum atomic E-state index is 9.00. The van der Waals surface area contributed by atoms with E-state index in [0.717, 1.165) is 23.7 Å². The predicted molar refractivity (Wildman–Crippen MR) is 74.3 cm³/mol. The number of nitrogens with zero attached hydrogens (tertiary/aromatic N) is 1. The Morgan fingerprint density at radius 2 is 2.21 bits per heavy atom. The first-order valence-corrected chi connectivity index (χ1v) is 6.57. The van der Waals surface area contributed by atoms with Crippen molar-refractivity contribution in [1.82, 2.24) is 10.3 Å². The number of aryl methyl sites for hydroxylation is 1. The predicted octanol–water partition coefficient (Wildman–Crippen LogP) is 1.13. The van der Waals surface area contributed by atoms with Crippen LogP contribution in [-0.2, 0) is 11.3 Å². The lowest BCUT2D eigenvalue weighted by Gasteiger charge is -2.14. The molecule has 1 heterocycles. The van der Waals surface area contributed by atoms with E-state index in [1.807, 2.05) is 26.0 Å². The quantitative estimate of drug-likeness (QED) is 0.657. The minimum Gasteiger partial charge on any atom is -0.491 e. The lowest BCUT2D eigenvalue weighted by Crippen LogP contribution is -2.20. The maximum Gasteiger partial charge on any atom is 0.142 e. The van der Waals surface area contributed by atoms with Gasteiger partial charge in [-0.3, -0.25) is 4.98 Å². The highest BCUT2D eigenvalue weighted by atomic mass is 16.5. The van der Waals surface area contributed by atoms with E-state index in [4.69, 9.17) is 14.6 Å². The summed E-state index contributed by atoms with van der Waals surface area (Å²) in [6.45, 7) is 6.61. The van der Waals surface area contributed by atoms with Crippen molar-refractivity contribution in [3.63, 3.8) is 0 Å². The van der Waals surface area contributed by atoms with E-state index >= 15 is 0 Å². The molecule has 1 rings (SSSR count). The third kappa shape index (κ3) is 6.00. The molecular weight excluding hydrogens is 244 g/mol. The van der Waals surface area contributed by atoms with Crippen molar-refractivity contribution in [3.05, 3.63) is 23.5 Å². The van der Waals surface area contributed by atoms with Crippen LogP contribution in [0.15, 0.2) is 12.1 Å². The zero-order chi connectivity index (χ0) is 14.1. The topological polar surface area (TPSA) is 63.6 Å². The minimum absolute atomic E-state index is 0.121. The standard InChI is InChI=1S/C14H24N2O3/c1-11(9-17)10-19-14-5-4-12(2)16-13(14)8-15-6-7-18-3/h4-5,11,15,17H,6-10H2,1-3H3. The van der Waals surface area contributed by atoms with Crippen LogP contribution in [0.25, 0.3) is 0 Å². The summed E-state index contributed by atoms with van der Waals surface area (Å²) in [6.07, 6.45) is 0. The number of ether oxygens (including phenoxy) is 2. The molecule has 0 aromatic carbocycles. The Kier molecular flexibility index (Phi) is 7.40. The van der Waals surface area contributed by atoms with Crippen molar-refractivity contribution in [2.75, 3.05) is 33.5 Å². The van der Waals surface area contributed by atoms with Crippen LogP contribution in [0, 0.1) is 12.8 Å². The van der Waals surface area contributed by atoms with Crippen LogP contribution in [0.2, 0.25) is 0 Å². The van der Waals surface area contributed by atoms with Gasteiger partial charge in [0.2, 0.25) is 0 Å². The van der Waals surface area contributed by atoms with Gasteiger partial charge in [0.05, 0.1) is 18.9 Å². The number of pyridine rings is 1. The molecule has 5 nitrogen and oxygen atoms in total. The van der Waals surface area contributed by atoms with Gasteiger partial charge in [-0.15, -0.1) is 0 Å². The molecule has 19 heavy (non-hydrogen) atoms.